The summed E-state index contributed by atoms with van der Waals surface area (Å²) in [5.74, 6) is 0.731. The second kappa shape index (κ2) is 3.75. The summed E-state index contributed by atoms with van der Waals surface area (Å²) < 4.78 is 5.87. The first-order valence-corrected chi connectivity index (χ1v) is 4.91. The lowest BCUT2D eigenvalue weighted by Crippen LogP contribution is -2.40. The first-order chi connectivity index (χ1) is 5.53. The van der Waals surface area contributed by atoms with E-state index in [2.05, 4.69) is 20.8 Å². The molecule has 0 heterocycles. The Hall–Kier alpha value is -0.0800. The fourth-order valence-corrected chi connectivity index (χ4v) is 1.60. The predicted molar refractivity (Wildman–Crippen MR) is 51.0 cm³/mol. The van der Waals surface area contributed by atoms with Crippen LogP contribution in [-0.2, 0) is 4.74 Å². The van der Waals surface area contributed by atoms with Gasteiger partial charge >= 0.3 is 0 Å². The molecule has 1 atom stereocenters. The van der Waals surface area contributed by atoms with Gasteiger partial charge in [0, 0.05) is 6.54 Å². The molecule has 0 aromatic heterocycles. The topological polar surface area (TPSA) is 35.2 Å². The van der Waals surface area contributed by atoms with Gasteiger partial charge < -0.3 is 10.5 Å². The molecular weight excluding hydrogens is 150 g/mol. The maximum absolute atomic E-state index is 5.87. The van der Waals surface area contributed by atoms with Crippen molar-refractivity contribution in [3.8, 4) is 0 Å². The summed E-state index contributed by atoms with van der Waals surface area (Å²) in [4.78, 5) is 0. The summed E-state index contributed by atoms with van der Waals surface area (Å²) in [6, 6.07) is 0. The van der Waals surface area contributed by atoms with E-state index in [0.717, 1.165) is 5.92 Å². The summed E-state index contributed by atoms with van der Waals surface area (Å²) in [6.45, 7) is 6.94. The van der Waals surface area contributed by atoms with Crippen LogP contribution in [0.2, 0.25) is 0 Å². The molecular formula is C10H21NO. The zero-order valence-corrected chi connectivity index (χ0v) is 8.47. The van der Waals surface area contributed by atoms with E-state index in [1.54, 1.807) is 0 Å². The van der Waals surface area contributed by atoms with E-state index in [1.165, 1.54) is 19.3 Å². The molecule has 1 aliphatic rings. The van der Waals surface area contributed by atoms with Crippen molar-refractivity contribution in [3.05, 3.63) is 0 Å². The van der Waals surface area contributed by atoms with Gasteiger partial charge in [-0.2, -0.15) is 0 Å². The highest BCUT2D eigenvalue weighted by atomic mass is 16.5. The van der Waals surface area contributed by atoms with Crippen LogP contribution in [-0.4, -0.2) is 18.2 Å². The second-order valence-electron chi connectivity index (χ2n) is 4.70. The molecule has 1 rings (SSSR count). The van der Waals surface area contributed by atoms with Crippen molar-refractivity contribution in [2.24, 2.45) is 11.7 Å². The summed E-state index contributed by atoms with van der Waals surface area (Å²) in [5.41, 5.74) is 5.62. The Bertz CT molecular complexity index is 135. The SMILES string of the molecule is CC(C)(C)OC(CN)C1CCC1. The summed E-state index contributed by atoms with van der Waals surface area (Å²) >= 11 is 0. The van der Waals surface area contributed by atoms with E-state index in [1.807, 2.05) is 0 Å². The van der Waals surface area contributed by atoms with E-state index in [4.69, 9.17) is 10.5 Å². The van der Waals surface area contributed by atoms with E-state index in [9.17, 15) is 0 Å². The van der Waals surface area contributed by atoms with Gasteiger partial charge in [0.15, 0.2) is 0 Å². The minimum atomic E-state index is -0.0420. The lowest BCUT2D eigenvalue weighted by molar-refractivity contribution is -0.0942. The predicted octanol–water partition coefficient (Wildman–Crippen LogP) is 1.93. The Labute approximate surface area is 75.5 Å². The fourth-order valence-electron chi connectivity index (χ4n) is 1.60. The van der Waals surface area contributed by atoms with Gasteiger partial charge in [-0.15, -0.1) is 0 Å². The molecule has 0 aromatic carbocycles. The Kier molecular flexibility index (Phi) is 3.13. The van der Waals surface area contributed by atoms with E-state index >= 15 is 0 Å². The average molecular weight is 171 g/mol. The highest BCUT2D eigenvalue weighted by Crippen LogP contribution is 2.32. The van der Waals surface area contributed by atoms with Crippen LogP contribution in [0.3, 0.4) is 0 Å². The molecule has 1 saturated carbocycles. The van der Waals surface area contributed by atoms with Crippen LogP contribution in [0.15, 0.2) is 0 Å². The molecule has 1 unspecified atom stereocenters. The highest BCUT2D eigenvalue weighted by molar-refractivity contribution is 4.80. The molecule has 2 nitrogen and oxygen atoms in total. The smallest absolute Gasteiger partial charge is 0.0732 e. The zero-order valence-electron chi connectivity index (χ0n) is 8.47. The molecule has 72 valence electrons. The molecule has 0 aromatic rings. The molecule has 0 bridgehead atoms. The minimum absolute atomic E-state index is 0.0420. The van der Waals surface area contributed by atoms with Crippen molar-refractivity contribution in [3.63, 3.8) is 0 Å². The quantitative estimate of drug-likeness (QED) is 0.704. The first kappa shape index (κ1) is 10.0. The van der Waals surface area contributed by atoms with Crippen molar-refractivity contribution >= 4 is 0 Å². The Balaban J connectivity index is 2.34. The number of rotatable bonds is 3. The fraction of sp³-hybridized carbons (Fsp3) is 1.00. The first-order valence-electron chi connectivity index (χ1n) is 4.91. The third-order valence-corrected chi connectivity index (χ3v) is 2.41. The van der Waals surface area contributed by atoms with Crippen LogP contribution in [0.1, 0.15) is 40.0 Å². The van der Waals surface area contributed by atoms with Gasteiger partial charge in [0.1, 0.15) is 0 Å². The third kappa shape index (κ3) is 2.76. The second-order valence-corrected chi connectivity index (χ2v) is 4.70. The molecule has 0 radical (unpaired) electrons. The Morgan fingerprint density at radius 2 is 2.00 bits per heavy atom. The lowest BCUT2D eigenvalue weighted by atomic mass is 9.81. The number of hydrogen-bond donors (Lipinski definition) is 1. The van der Waals surface area contributed by atoms with Gasteiger partial charge in [0.2, 0.25) is 0 Å². The van der Waals surface area contributed by atoms with Crippen molar-refractivity contribution in [1.29, 1.82) is 0 Å². The van der Waals surface area contributed by atoms with Crippen LogP contribution in [0.4, 0.5) is 0 Å². The third-order valence-electron chi connectivity index (χ3n) is 2.41. The van der Waals surface area contributed by atoms with Crippen LogP contribution in [0.25, 0.3) is 0 Å². The molecule has 1 aliphatic carbocycles. The molecule has 0 amide bonds. The lowest BCUT2D eigenvalue weighted by Gasteiger charge is -2.37. The average Bonchev–Trinajstić information content (AvgIpc) is 1.79. The summed E-state index contributed by atoms with van der Waals surface area (Å²) in [5, 5.41) is 0. The monoisotopic (exact) mass is 171 g/mol. The minimum Gasteiger partial charge on any atom is -0.371 e. The van der Waals surface area contributed by atoms with Gasteiger partial charge in [0.05, 0.1) is 11.7 Å². The molecule has 0 saturated heterocycles. The maximum atomic E-state index is 5.87. The Morgan fingerprint density at radius 1 is 1.42 bits per heavy atom. The van der Waals surface area contributed by atoms with E-state index < -0.39 is 0 Å². The molecule has 1 fully saturated rings. The van der Waals surface area contributed by atoms with Gasteiger partial charge in [-0.1, -0.05) is 6.42 Å². The molecule has 0 spiro atoms. The van der Waals surface area contributed by atoms with Crippen LogP contribution in [0, 0.1) is 5.92 Å². The van der Waals surface area contributed by atoms with Crippen molar-refractivity contribution < 1.29 is 4.74 Å². The standard InChI is InChI=1S/C10H21NO/c1-10(2,3)12-9(7-11)8-5-4-6-8/h8-9H,4-7,11H2,1-3H3. The zero-order chi connectivity index (χ0) is 9.19. The van der Waals surface area contributed by atoms with E-state index in [-0.39, 0.29) is 5.60 Å². The number of ether oxygens (including phenoxy) is 1. The molecule has 2 N–H and O–H groups in total. The van der Waals surface area contributed by atoms with Crippen LogP contribution in [0.5, 0.6) is 0 Å². The molecule has 12 heavy (non-hydrogen) atoms. The highest BCUT2D eigenvalue weighted by Gasteiger charge is 2.29. The summed E-state index contributed by atoms with van der Waals surface area (Å²) in [6.07, 6.45) is 4.25. The summed E-state index contributed by atoms with van der Waals surface area (Å²) in [7, 11) is 0. The van der Waals surface area contributed by atoms with E-state index in [0.29, 0.717) is 12.6 Å². The molecule has 0 aliphatic heterocycles. The van der Waals surface area contributed by atoms with Crippen LogP contribution >= 0.6 is 0 Å². The van der Waals surface area contributed by atoms with Gasteiger partial charge in [-0.25, -0.2) is 0 Å². The van der Waals surface area contributed by atoms with Crippen molar-refractivity contribution in [2.45, 2.75) is 51.7 Å². The Morgan fingerprint density at radius 3 is 2.25 bits per heavy atom. The number of hydrogen-bond acceptors (Lipinski definition) is 2. The van der Waals surface area contributed by atoms with Gasteiger partial charge in [-0.3, -0.25) is 0 Å². The van der Waals surface area contributed by atoms with Gasteiger partial charge in [-0.05, 0) is 39.5 Å². The van der Waals surface area contributed by atoms with Crippen molar-refractivity contribution in [2.75, 3.05) is 6.54 Å². The number of nitrogens with two attached hydrogens (primary N) is 1. The van der Waals surface area contributed by atoms with Crippen molar-refractivity contribution in [1.82, 2.24) is 0 Å². The van der Waals surface area contributed by atoms with Gasteiger partial charge in [0.25, 0.3) is 0 Å². The molecule has 2 heteroatoms. The normalized spacial score (nSPS) is 22.0. The maximum Gasteiger partial charge on any atom is 0.0732 e. The largest absolute Gasteiger partial charge is 0.371 e. The van der Waals surface area contributed by atoms with Crippen LogP contribution < -0.4 is 5.73 Å².